The summed E-state index contributed by atoms with van der Waals surface area (Å²) in [6.45, 7) is 0. The highest BCUT2D eigenvalue weighted by Gasteiger charge is 2.25. The number of fused-ring (bicyclic) bond motifs is 2. The molecule has 0 aliphatic heterocycles. The molecule has 4 aromatic rings. The molecule has 1 aliphatic carbocycles. The van der Waals surface area contributed by atoms with Gasteiger partial charge < -0.3 is 10.4 Å². The number of rotatable bonds is 7. The second-order valence-electron chi connectivity index (χ2n) is 7.13. The van der Waals surface area contributed by atoms with Crippen molar-refractivity contribution in [2.24, 2.45) is 0 Å². The maximum atomic E-state index is 10.8. The van der Waals surface area contributed by atoms with Crippen LogP contribution in [-0.4, -0.2) is 26.8 Å². The number of anilines is 2. The molecule has 5 nitrogen and oxygen atoms in total. The zero-order chi connectivity index (χ0) is 19.8. The quantitative estimate of drug-likeness (QED) is 0.280. The summed E-state index contributed by atoms with van der Waals surface area (Å²) >= 11 is 2.97. The predicted octanol–water partition coefficient (Wildman–Crippen LogP) is 6.03. The highest BCUT2D eigenvalue weighted by Crippen LogP contribution is 2.44. The number of carbonyl (C=O) groups is 1. The van der Waals surface area contributed by atoms with Gasteiger partial charge in [0.05, 0.1) is 16.6 Å². The fourth-order valence-electron chi connectivity index (χ4n) is 3.53. The topological polar surface area (TPSA) is 75.1 Å². The first kappa shape index (κ1) is 18.4. The van der Waals surface area contributed by atoms with Gasteiger partial charge in [0, 0.05) is 16.8 Å². The van der Waals surface area contributed by atoms with E-state index in [9.17, 15) is 4.79 Å². The fourth-order valence-corrected chi connectivity index (χ4v) is 5.08. The van der Waals surface area contributed by atoms with Crippen molar-refractivity contribution in [3.05, 3.63) is 53.4 Å². The summed E-state index contributed by atoms with van der Waals surface area (Å²) < 4.78 is 1.00. The molecule has 1 fully saturated rings. The van der Waals surface area contributed by atoms with Crippen LogP contribution < -0.4 is 5.32 Å². The van der Waals surface area contributed by atoms with Crippen LogP contribution in [-0.2, 0) is 4.79 Å². The molecule has 7 heteroatoms. The van der Waals surface area contributed by atoms with Crippen molar-refractivity contribution >= 4 is 61.6 Å². The number of thioether (sulfide) groups is 1. The normalized spacial score (nSPS) is 13.8. The van der Waals surface area contributed by atoms with Gasteiger partial charge in [-0.2, -0.15) is 0 Å². The number of benzene rings is 2. The van der Waals surface area contributed by atoms with Gasteiger partial charge in [-0.3, -0.25) is 4.79 Å². The molecule has 2 heterocycles. The third-order valence-corrected chi connectivity index (χ3v) is 6.82. The van der Waals surface area contributed by atoms with Crippen molar-refractivity contribution in [2.75, 3.05) is 11.1 Å². The predicted molar refractivity (Wildman–Crippen MR) is 120 cm³/mol. The van der Waals surface area contributed by atoms with Crippen molar-refractivity contribution in [3.8, 4) is 0 Å². The lowest BCUT2D eigenvalue weighted by Crippen LogP contribution is -2.00. The number of carboxylic acid groups (broad SMARTS) is 1. The monoisotopic (exact) mass is 421 g/mol. The van der Waals surface area contributed by atoms with Gasteiger partial charge in [-0.05, 0) is 47.2 Å². The highest BCUT2D eigenvalue weighted by molar-refractivity contribution is 7.99. The van der Waals surface area contributed by atoms with Gasteiger partial charge in [-0.25, -0.2) is 9.97 Å². The summed E-state index contributed by atoms with van der Waals surface area (Å²) in [5.74, 6) is 1.10. The van der Waals surface area contributed by atoms with Crippen molar-refractivity contribution in [2.45, 2.75) is 30.3 Å². The van der Waals surface area contributed by atoms with Gasteiger partial charge in [0.15, 0.2) is 11.0 Å². The minimum absolute atomic E-state index is 0.0890. The summed E-state index contributed by atoms with van der Waals surface area (Å²) in [5, 5.41) is 17.5. The Balaban J connectivity index is 1.52. The molecule has 0 amide bonds. The first-order valence-electron chi connectivity index (χ1n) is 9.57. The molecule has 146 valence electrons. The van der Waals surface area contributed by atoms with E-state index < -0.39 is 5.97 Å². The Morgan fingerprint density at radius 1 is 1.14 bits per heavy atom. The lowest BCUT2D eigenvalue weighted by molar-refractivity contribution is -0.136. The summed E-state index contributed by atoms with van der Waals surface area (Å²) in [5.41, 5.74) is 3.34. The number of nitrogens with one attached hydrogen (secondary N) is 1. The zero-order valence-corrected chi connectivity index (χ0v) is 17.2. The summed E-state index contributed by atoms with van der Waals surface area (Å²) in [4.78, 5) is 20.1. The van der Waals surface area contributed by atoms with E-state index in [1.165, 1.54) is 40.9 Å². The summed E-state index contributed by atoms with van der Waals surface area (Å²) in [6.07, 6.45) is 2.64. The van der Waals surface area contributed by atoms with Gasteiger partial charge >= 0.3 is 5.97 Å². The fraction of sp³-hybridized carbons (Fsp3) is 0.227. The smallest absolute Gasteiger partial charge is 0.304 e. The van der Waals surface area contributed by atoms with Crippen LogP contribution in [0, 0.1) is 0 Å². The molecule has 2 aromatic carbocycles. The third-order valence-electron chi connectivity index (χ3n) is 5.06. The molecule has 5 rings (SSSR count). The van der Waals surface area contributed by atoms with E-state index in [1.54, 1.807) is 11.3 Å². The molecule has 1 saturated carbocycles. The average molecular weight is 422 g/mol. The Morgan fingerprint density at radius 3 is 2.76 bits per heavy atom. The van der Waals surface area contributed by atoms with Crippen LogP contribution in [0.15, 0.2) is 53.0 Å². The molecule has 0 spiro atoms. The molecule has 0 bridgehead atoms. The van der Waals surface area contributed by atoms with E-state index in [0.29, 0.717) is 16.8 Å². The third kappa shape index (κ3) is 3.80. The number of aliphatic carboxylic acids is 1. The number of carboxylic acids is 1. The van der Waals surface area contributed by atoms with E-state index in [2.05, 4.69) is 46.7 Å². The number of nitrogens with zero attached hydrogens (tertiary/aromatic N) is 2. The minimum Gasteiger partial charge on any atom is -0.481 e. The van der Waals surface area contributed by atoms with Gasteiger partial charge in [0.25, 0.3) is 0 Å². The van der Waals surface area contributed by atoms with Gasteiger partial charge in [-0.15, -0.1) is 11.3 Å². The molecule has 0 unspecified atom stereocenters. The van der Waals surface area contributed by atoms with Crippen LogP contribution in [0.25, 0.3) is 21.0 Å². The number of hydrogen-bond donors (Lipinski definition) is 2. The Bertz CT molecular complexity index is 1220. The molecule has 29 heavy (non-hydrogen) atoms. The van der Waals surface area contributed by atoms with E-state index >= 15 is 0 Å². The van der Waals surface area contributed by atoms with Crippen LogP contribution in [0.3, 0.4) is 0 Å². The van der Waals surface area contributed by atoms with Crippen molar-refractivity contribution in [3.63, 3.8) is 0 Å². The first-order valence-corrected chi connectivity index (χ1v) is 11.4. The summed E-state index contributed by atoms with van der Waals surface area (Å²) in [7, 11) is 0. The van der Waals surface area contributed by atoms with Crippen molar-refractivity contribution in [1.82, 2.24) is 9.97 Å². The largest absolute Gasteiger partial charge is 0.481 e. The Morgan fingerprint density at radius 2 is 1.97 bits per heavy atom. The van der Waals surface area contributed by atoms with Crippen molar-refractivity contribution < 1.29 is 9.90 Å². The lowest BCUT2D eigenvalue weighted by Gasteiger charge is -2.13. The first-order chi connectivity index (χ1) is 14.2. The molecule has 2 aromatic heterocycles. The summed E-state index contributed by atoms with van der Waals surface area (Å²) in [6, 6.07) is 14.9. The minimum atomic E-state index is -0.810. The second kappa shape index (κ2) is 7.65. The van der Waals surface area contributed by atoms with E-state index in [4.69, 9.17) is 10.1 Å². The molecule has 0 atom stereocenters. The maximum absolute atomic E-state index is 10.8. The molecule has 1 aliphatic rings. The van der Waals surface area contributed by atoms with Crippen LogP contribution >= 0.6 is 23.1 Å². The molecular formula is C22H19N3O2S2. The van der Waals surface area contributed by atoms with Crippen LogP contribution in [0.2, 0.25) is 0 Å². The number of thiophene rings is 1. The Kier molecular flexibility index (Phi) is 4.85. The zero-order valence-electron chi connectivity index (χ0n) is 15.6. The SMILES string of the molecule is O=C(O)CCSc1nc(Nc2ccc(C3CC3)c3ccccc23)c2sccc2n1. The number of aromatic nitrogens is 2. The van der Waals surface area contributed by atoms with Gasteiger partial charge in [0.2, 0.25) is 0 Å². The van der Waals surface area contributed by atoms with Gasteiger partial charge in [0.1, 0.15) is 0 Å². The standard InChI is InChI=1S/C22H19N3O2S2/c26-19(27)10-12-29-22-24-18-9-11-28-20(18)21(25-22)23-17-8-7-14(13-5-6-13)15-3-1-2-4-16(15)17/h1-4,7-9,11,13H,5-6,10,12H2,(H,26,27)(H,23,24,25). The second-order valence-corrected chi connectivity index (χ2v) is 9.11. The Hall–Kier alpha value is -2.64. The molecule has 2 N–H and O–H groups in total. The van der Waals surface area contributed by atoms with E-state index in [1.807, 2.05) is 11.4 Å². The Labute approximate surface area is 176 Å². The van der Waals surface area contributed by atoms with Crippen LogP contribution in [0.4, 0.5) is 11.5 Å². The van der Waals surface area contributed by atoms with Crippen LogP contribution in [0.1, 0.15) is 30.7 Å². The number of hydrogen-bond acceptors (Lipinski definition) is 6. The van der Waals surface area contributed by atoms with E-state index in [0.717, 1.165) is 21.7 Å². The highest BCUT2D eigenvalue weighted by atomic mass is 32.2. The molecule has 0 radical (unpaired) electrons. The lowest BCUT2D eigenvalue weighted by atomic mass is 9.99. The van der Waals surface area contributed by atoms with Crippen LogP contribution in [0.5, 0.6) is 0 Å². The average Bonchev–Trinajstić information content (AvgIpc) is 3.44. The van der Waals surface area contributed by atoms with Gasteiger partial charge in [-0.1, -0.05) is 42.1 Å². The maximum Gasteiger partial charge on any atom is 0.304 e. The molecular weight excluding hydrogens is 402 g/mol. The van der Waals surface area contributed by atoms with Crippen molar-refractivity contribution in [1.29, 1.82) is 0 Å². The van der Waals surface area contributed by atoms with E-state index in [-0.39, 0.29) is 6.42 Å². The molecule has 0 saturated heterocycles.